The second-order valence-electron chi connectivity index (χ2n) is 9.28. The molecule has 6 rings (SSSR count). The lowest BCUT2D eigenvalue weighted by Gasteiger charge is -2.39. The van der Waals surface area contributed by atoms with Crippen LogP contribution in [-0.2, 0) is 16.1 Å². The van der Waals surface area contributed by atoms with E-state index in [1.807, 2.05) is 32.9 Å². The molecule has 27 heavy (non-hydrogen) atoms. The van der Waals surface area contributed by atoms with Gasteiger partial charge in [0.25, 0.3) is 0 Å². The zero-order valence-corrected chi connectivity index (χ0v) is 16.0. The third kappa shape index (κ3) is 3.39. The summed E-state index contributed by atoms with van der Waals surface area (Å²) in [5.41, 5.74) is 0. The Morgan fingerprint density at radius 3 is 2.48 bits per heavy atom. The fraction of sp³-hybridized carbons (Fsp3) is 0.762. The number of carbonyl (C=O) groups is 2. The lowest BCUT2D eigenvalue weighted by atomic mass is 9.68. The van der Waals surface area contributed by atoms with Gasteiger partial charge in [-0.1, -0.05) is 0 Å². The fourth-order valence-corrected chi connectivity index (χ4v) is 6.18. The summed E-state index contributed by atoms with van der Waals surface area (Å²) in [5.74, 6) is 2.63. The van der Waals surface area contributed by atoms with Crippen molar-refractivity contribution in [1.29, 1.82) is 0 Å². The Labute approximate surface area is 160 Å². The van der Waals surface area contributed by atoms with Gasteiger partial charge < -0.3 is 9.80 Å². The van der Waals surface area contributed by atoms with Crippen molar-refractivity contribution in [2.75, 3.05) is 19.6 Å². The summed E-state index contributed by atoms with van der Waals surface area (Å²) in [6.45, 7) is 2.87. The van der Waals surface area contributed by atoms with Crippen molar-refractivity contribution >= 4 is 11.8 Å². The van der Waals surface area contributed by atoms with Gasteiger partial charge in [0.15, 0.2) is 0 Å². The van der Waals surface area contributed by atoms with Gasteiger partial charge >= 0.3 is 0 Å². The smallest absolute Gasteiger partial charge is 0.242 e. The van der Waals surface area contributed by atoms with Crippen LogP contribution in [0.25, 0.3) is 0 Å². The first kappa shape index (κ1) is 17.3. The average Bonchev–Trinajstić information content (AvgIpc) is 3.13. The number of rotatable bonds is 4. The van der Waals surface area contributed by atoms with E-state index in [1.165, 1.54) is 6.42 Å². The monoisotopic (exact) mass is 370 g/mol. The highest BCUT2D eigenvalue weighted by Gasteiger charge is 2.47. The highest BCUT2D eigenvalue weighted by molar-refractivity contribution is 5.86. The molecule has 0 radical (unpaired) electrons. The number of amides is 2. The van der Waals surface area contributed by atoms with Gasteiger partial charge in [-0.2, -0.15) is 5.10 Å². The topological polar surface area (TPSA) is 58.4 Å². The van der Waals surface area contributed by atoms with E-state index >= 15 is 0 Å². The number of hydrogen-bond donors (Lipinski definition) is 0. The molecule has 6 nitrogen and oxygen atoms in total. The zero-order valence-electron chi connectivity index (χ0n) is 16.0. The van der Waals surface area contributed by atoms with E-state index in [-0.39, 0.29) is 17.7 Å². The second-order valence-corrected chi connectivity index (χ2v) is 9.28. The second kappa shape index (κ2) is 6.95. The Morgan fingerprint density at radius 2 is 1.81 bits per heavy atom. The van der Waals surface area contributed by atoms with Crippen LogP contribution in [0.1, 0.15) is 44.9 Å². The molecular weight excluding hydrogens is 340 g/mol. The molecule has 1 aromatic heterocycles. The van der Waals surface area contributed by atoms with Gasteiger partial charge in [-0.15, -0.1) is 0 Å². The number of aromatic nitrogens is 2. The zero-order chi connectivity index (χ0) is 18.4. The lowest BCUT2D eigenvalue weighted by molar-refractivity contribution is -0.144. The van der Waals surface area contributed by atoms with Gasteiger partial charge in [-0.3, -0.25) is 14.3 Å². The number of hydrogen-bond acceptors (Lipinski definition) is 3. The van der Waals surface area contributed by atoms with Crippen LogP contribution in [0.2, 0.25) is 0 Å². The summed E-state index contributed by atoms with van der Waals surface area (Å²) in [5, 5.41) is 4.29. The number of nitrogens with zero attached hydrogens (tertiary/aromatic N) is 4. The van der Waals surface area contributed by atoms with Crippen LogP contribution in [0.15, 0.2) is 18.5 Å². The molecule has 4 atom stereocenters. The Balaban J connectivity index is 1.18. The first-order chi connectivity index (χ1) is 13.2. The molecule has 2 amide bonds. The van der Waals surface area contributed by atoms with E-state index in [9.17, 15) is 9.59 Å². The molecule has 146 valence electrons. The largest absolute Gasteiger partial charge is 0.341 e. The predicted octanol–water partition coefficient (Wildman–Crippen LogP) is 2.16. The van der Waals surface area contributed by atoms with Crippen molar-refractivity contribution < 1.29 is 9.59 Å². The van der Waals surface area contributed by atoms with Crippen LogP contribution in [-0.4, -0.2) is 57.1 Å². The van der Waals surface area contributed by atoms with Crippen molar-refractivity contribution in [3.8, 4) is 0 Å². The highest BCUT2D eigenvalue weighted by atomic mass is 16.2. The van der Waals surface area contributed by atoms with Gasteiger partial charge in [0, 0.05) is 44.0 Å². The highest BCUT2D eigenvalue weighted by Crippen LogP contribution is 2.47. The van der Waals surface area contributed by atoms with Crippen LogP contribution >= 0.6 is 0 Å². The fourth-order valence-electron chi connectivity index (χ4n) is 6.18. The standard InChI is InChI=1S/C21H30N4O2/c26-20(23-6-2-15(3-7-23)13-24-5-1-4-22-24)14-25-19-11-16-8-17(12-19)10-18(9-16)21(25)27/h1,4-5,15-19H,2-3,6-14H2/t16-,17+,18?,19?. The molecule has 5 fully saturated rings. The molecule has 3 aliphatic heterocycles. The van der Waals surface area contributed by atoms with E-state index in [4.69, 9.17) is 0 Å². The molecule has 4 bridgehead atoms. The van der Waals surface area contributed by atoms with E-state index < -0.39 is 0 Å². The van der Waals surface area contributed by atoms with E-state index in [0.29, 0.717) is 18.5 Å². The molecule has 2 saturated carbocycles. The summed E-state index contributed by atoms with van der Waals surface area (Å²) in [6, 6.07) is 2.27. The Hall–Kier alpha value is -1.85. The minimum atomic E-state index is 0.155. The minimum absolute atomic E-state index is 0.155. The third-order valence-corrected chi connectivity index (χ3v) is 7.46. The molecule has 1 aromatic rings. The van der Waals surface area contributed by atoms with Crippen LogP contribution in [0, 0.1) is 23.7 Å². The first-order valence-corrected chi connectivity index (χ1v) is 10.7. The van der Waals surface area contributed by atoms with E-state index in [0.717, 1.165) is 70.0 Å². The number of likely N-dealkylation sites (tertiary alicyclic amines) is 1. The molecule has 3 saturated heterocycles. The number of fused-ring (bicyclic) bond motifs is 1. The minimum Gasteiger partial charge on any atom is -0.341 e. The Bertz CT molecular complexity index is 681. The van der Waals surface area contributed by atoms with Crippen molar-refractivity contribution in [3.05, 3.63) is 18.5 Å². The molecule has 2 unspecified atom stereocenters. The quantitative estimate of drug-likeness (QED) is 0.816. The predicted molar refractivity (Wildman–Crippen MR) is 101 cm³/mol. The van der Waals surface area contributed by atoms with Gasteiger partial charge in [0.1, 0.15) is 6.54 Å². The van der Waals surface area contributed by atoms with Crippen molar-refractivity contribution in [2.24, 2.45) is 23.7 Å². The summed E-state index contributed by atoms with van der Waals surface area (Å²) in [7, 11) is 0. The molecule has 5 aliphatic rings. The summed E-state index contributed by atoms with van der Waals surface area (Å²) in [4.78, 5) is 29.9. The van der Waals surface area contributed by atoms with Crippen LogP contribution in [0.5, 0.6) is 0 Å². The molecule has 2 aliphatic carbocycles. The Kier molecular flexibility index (Phi) is 4.44. The van der Waals surface area contributed by atoms with Crippen molar-refractivity contribution in [2.45, 2.75) is 57.5 Å². The average molecular weight is 370 g/mol. The summed E-state index contributed by atoms with van der Waals surface area (Å²) >= 11 is 0. The maximum Gasteiger partial charge on any atom is 0.242 e. The molecular formula is C21H30N4O2. The maximum absolute atomic E-state index is 13.0. The summed E-state index contributed by atoms with van der Waals surface area (Å²) < 4.78 is 1.99. The lowest BCUT2D eigenvalue weighted by Crippen LogP contribution is -2.49. The number of carbonyl (C=O) groups excluding carboxylic acids is 2. The van der Waals surface area contributed by atoms with E-state index in [1.54, 1.807) is 0 Å². The van der Waals surface area contributed by atoms with Gasteiger partial charge in [-0.05, 0) is 68.8 Å². The maximum atomic E-state index is 13.0. The van der Waals surface area contributed by atoms with E-state index in [2.05, 4.69) is 5.10 Å². The first-order valence-electron chi connectivity index (χ1n) is 10.7. The van der Waals surface area contributed by atoms with Crippen molar-refractivity contribution in [3.63, 3.8) is 0 Å². The molecule has 6 heteroatoms. The molecule has 0 N–H and O–H groups in total. The number of piperidine rings is 1. The SMILES string of the molecule is O=C(CN1C(=O)C2C[C@@H]3CC1C[C@H](C2)C3)N1CCC(Cn2cccn2)CC1. The Morgan fingerprint density at radius 1 is 1.07 bits per heavy atom. The van der Waals surface area contributed by atoms with Gasteiger partial charge in [-0.25, -0.2) is 0 Å². The van der Waals surface area contributed by atoms with Crippen LogP contribution in [0.4, 0.5) is 0 Å². The van der Waals surface area contributed by atoms with Gasteiger partial charge in [0.05, 0.1) is 0 Å². The van der Waals surface area contributed by atoms with Crippen molar-refractivity contribution in [1.82, 2.24) is 19.6 Å². The normalized spacial score (nSPS) is 33.6. The summed E-state index contributed by atoms with van der Waals surface area (Å²) in [6.07, 6.45) is 11.6. The van der Waals surface area contributed by atoms with Crippen LogP contribution < -0.4 is 0 Å². The molecule has 4 heterocycles. The molecule has 0 aromatic carbocycles. The third-order valence-electron chi connectivity index (χ3n) is 7.46. The molecule has 0 spiro atoms. The van der Waals surface area contributed by atoms with Gasteiger partial charge in [0.2, 0.25) is 11.8 Å². The van der Waals surface area contributed by atoms with Crippen LogP contribution in [0.3, 0.4) is 0 Å².